The lowest BCUT2D eigenvalue weighted by Crippen LogP contribution is -2.47. The molecule has 0 aliphatic heterocycles. The largest absolute Gasteiger partial charge is 0.475 e. The topological polar surface area (TPSA) is 69.7 Å². The lowest BCUT2D eigenvalue weighted by molar-refractivity contribution is -0.143. The molecule has 1 fully saturated rings. The summed E-state index contributed by atoms with van der Waals surface area (Å²) in [4.78, 5) is 17.1. The Balaban J connectivity index is 1.99. The molecule has 6 heteroatoms. The number of hydrogen-bond acceptors (Lipinski definition) is 5. The SMILES string of the molecule is CCOCCOc1ncc(NC(=O)[C@@]2(OC)CCC[C@@H](C)C2)cc1C. The highest BCUT2D eigenvalue weighted by Gasteiger charge is 2.42. The molecular weight excluding hydrogens is 320 g/mol. The van der Waals surface area contributed by atoms with E-state index in [1.54, 1.807) is 13.3 Å². The fraction of sp³-hybridized carbons (Fsp3) is 0.684. The van der Waals surface area contributed by atoms with Gasteiger partial charge in [0.2, 0.25) is 5.88 Å². The molecule has 0 spiro atoms. The normalized spacial score (nSPS) is 23.3. The number of aryl methyl sites for hydroxylation is 1. The summed E-state index contributed by atoms with van der Waals surface area (Å²) in [5.74, 6) is 0.957. The predicted molar refractivity (Wildman–Crippen MR) is 97.0 cm³/mol. The van der Waals surface area contributed by atoms with Crippen molar-refractivity contribution in [3.63, 3.8) is 0 Å². The van der Waals surface area contributed by atoms with E-state index in [-0.39, 0.29) is 5.91 Å². The number of carbonyl (C=O) groups is 1. The van der Waals surface area contributed by atoms with E-state index in [1.807, 2.05) is 19.9 Å². The zero-order valence-corrected chi connectivity index (χ0v) is 15.8. The Labute approximate surface area is 150 Å². The Hall–Kier alpha value is -1.66. The van der Waals surface area contributed by atoms with Gasteiger partial charge in [-0.1, -0.05) is 13.3 Å². The molecule has 0 radical (unpaired) electrons. The molecule has 1 N–H and O–H groups in total. The number of carbonyl (C=O) groups excluding carboxylic acids is 1. The van der Waals surface area contributed by atoms with E-state index in [0.29, 0.717) is 37.3 Å². The summed E-state index contributed by atoms with van der Waals surface area (Å²) in [5.41, 5.74) is 0.796. The fourth-order valence-corrected chi connectivity index (χ4v) is 3.36. The summed E-state index contributed by atoms with van der Waals surface area (Å²) in [5, 5.41) is 2.96. The number of nitrogens with zero attached hydrogens (tertiary/aromatic N) is 1. The summed E-state index contributed by atoms with van der Waals surface area (Å²) in [6, 6.07) is 1.87. The van der Waals surface area contributed by atoms with Gasteiger partial charge in [0.25, 0.3) is 5.91 Å². The first-order valence-electron chi connectivity index (χ1n) is 9.04. The van der Waals surface area contributed by atoms with Crippen LogP contribution in [0.5, 0.6) is 5.88 Å². The van der Waals surface area contributed by atoms with Crippen LogP contribution in [0.2, 0.25) is 0 Å². The summed E-state index contributed by atoms with van der Waals surface area (Å²) in [6.45, 7) is 7.68. The molecule has 1 amide bonds. The van der Waals surface area contributed by atoms with Crippen molar-refractivity contribution in [2.45, 2.75) is 52.1 Å². The lowest BCUT2D eigenvalue weighted by atomic mass is 9.78. The highest BCUT2D eigenvalue weighted by atomic mass is 16.5. The molecule has 1 aliphatic carbocycles. The van der Waals surface area contributed by atoms with Crippen molar-refractivity contribution < 1.29 is 19.0 Å². The molecule has 0 aromatic carbocycles. The molecular formula is C19H30N2O4. The van der Waals surface area contributed by atoms with Crippen molar-refractivity contribution in [1.82, 2.24) is 4.98 Å². The molecule has 1 aromatic rings. The van der Waals surface area contributed by atoms with Crippen LogP contribution in [-0.2, 0) is 14.3 Å². The van der Waals surface area contributed by atoms with E-state index < -0.39 is 5.60 Å². The molecule has 1 aromatic heterocycles. The Kier molecular flexibility index (Phi) is 7.20. The number of amides is 1. The molecule has 140 valence electrons. The minimum absolute atomic E-state index is 0.0900. The van der Waals surface area contributed by atoms with E-state index in [2.05, 4.69) is 17.2 Å². The second kappa shape index (κ2) is 9.15. The molecule has 25 heavy (non-hydrogen) atoms. The number of aromatic nitrogens is 1. The number of methoxy groups -OCH3 is 1. The molecule has 1 heterocycles. The van der Waals surface area contributed by atoms with Crippen LogP contribution < -0.4 is 10.1 Å². The van der Waals surface area contributed by atoms with Gasteiger partial charge < -0.3 is 19.5 Å². The fourth-order valence-electron chi connectivity index (χ4n) is 3.36. The lowest BCUT2D eigenvalue weighted by Gasteiger charge is -2.37. The second-order valence-corrected chi connectivity index (χ2v) is 6.75. The number of ether oxygens (including phenoxy) is 3. The van der Waals surface area contributed by atoms with Crippen LogP contribution in [0, 0.1) is 12.8 Å². The van der Waals surface area contributed by atoms with Gasteiger partial charge in [-0.2, -0.15) is 0 Å². The van der Waals surface area contributed by atoms with Crippen LogP contribution >= 0.6 is 0 Å². The average molecular weight is 350 g/mol. The first-order chi connectivity index (χ1) is 12.0. The molecule has 0 saturated heterocycles. The number of anilines is 1. The summed E-state index contributed by atoms with van der Waals surface area (Å²) < 4.78 is 16.5. The number of nitrogens with one attached hydrogen (secondary N) is 1. The van der Waals surface area contributed by atoms with Gasteiger partial charge in [0.15, 0.2) is 0 Å². The van der Waals surface area contributed by atoms with Crippen molar-refractivity contribution in [2.24, 2.45) is 5.92 Å². The van der Waals surface area contributed by atoms with Gasteiger partial charge in [-0.25, -0.2) is 4.98 Å². The maximum Gasteiger partial charge on any atom is 0.256 e. The molecule has 0 unspecified atom stereocenters. The van der Waals surface area contributed by atoms with Crippen molar-refractivity contribution in [3.05, 3.63) is 17.8 Å². The smallest absolute Gasteiger partial charge is 0.256 e. The molecule has 0 bridgehead atoms. The van der Waals surface area contributed by atoms with E-state index in [1.165, 1.54) is 0 Å². The third-order valence-electron chi connectivity index (χ3n) is 4.72. The second-order valence-electron chi connectivity index (χ2n) is 6.75. The van der Waals surface area contributed by atoms with Crippen molar-refractivity contribution >= 4 is 11.6 Å². The van der Waals surface area contributed by atoms with Gasteiger partial charge in [0.1, 0.15) is 12.2 Å². The number of rotatable bonds is 8. The van der Waals surface area contributed by atoms with Crippen LogP contribution in [0.3, 0.4) is 0 Å². The van der Waals surface area contributed by atoms with Crippen molar-refractivity contribution in [1.29, 1.82) is 0 Å². The van der Waals surface area contributed by atoms with Gasteiger partial charge in [0.05, 0.1) is 18.5 Å². The third-order valence-corrected chi connectivity index (χ3v) is 4.72. The standard InChI is InChI=1S/C19H30N2O4/c1-5-24-9-10-25-17-15(3)11-16(13-20-17)21-18(22)19(23-4)8-6-7-14(2)12-19/h11,13-14H,5-10,12H2,1-4H3,(H,21,22)/t14-,19-/m1/s1. The van der Waals surface area contributed by atoms with Gasteiger partial charge in [0, 0.05) is 19.3 Å². The highest BCUT2D eigenvalue weighted by molar-refractivity contribution is 5.97. The van der Waals surface area contributed by atoms with E-state index >= 15 is 0 Å². The van der Waals surface area contributed by atoms with E-state index in [4.69, 9.17) is 14.2 Å². The van der Waals surface area contributed by atoms with Gasteiger partial charge in [-0.3, -0.25) is 4.79 Å². The van der Waals surface area contributed by atoms with Gasteiger partial charge >= 0.3 is 0 Å². The highest BCUT2D eigenvalue weighted by Crippen LogP contribution is 2.35. The van der Waals surface area contributed by atoms with Crippen LogP contribution in [0.4, 0.5) is 5.69 Å². The quantitative estimate of drug-likeness (QED) is 0.728. The summed E-state index contributed by atoms with van der Waals surface area (Å²) in [7, 11) is 1.62. The minimum atomic E-state index is -0.738. The number of pyridine rings is 1. The predicted octanol–water partition coefficient (Wildman–Crippen LogP) is 3.34. The maximum absolute atomic E-state index is 12.8. The third kappa shape index (κ3) is 5.16. The number of hydrogen-bond donors (Lipinski definition) is 1. The summed E-state index contributed by atoms with van der Waals surface area (Å²) >= 11 is 0. The Morgan fingerprint density at radius 1 is 1.44 bits per heavy atom. The first-order valence-corrected chi connectivity index (χ1v) is 9.04. The molecule has 2 rings (SSSR count). The van der Waals surface area contributed by atoms with Crippen LogP contribution in [0.25, 0.3) is 0 Å². The van der Waals surface area contributed by atoms with Crippen LogP contribution in [0.15, 0.2) is 12.3 Å². The minimum Gasteiger partial charge on any atom is -0.475 e. The van der Waals surface area contributed by atoms with Gasteiger partial charge in [-0.05, 0) is 45.1 Å². The molecule has 6 nitrogen and oxygen atoms in total. The Morgan fingerprint density at radius 2 is 2.24 bits per heavy atom. The molecule has 1 saturated carbocycles. The zero-order valence-electron chi connectivity index (χ0n) is 15.8. The van der Waals surface area contributed by atoms with Crippen molar-refractivity contribution in [3.8, 4) is 5.88 Å². The zero-order chi connectivity index (χ0) is 18.3. The Morgan fingerprint density at radius 3 is 2.88 bits per heavy atom. The average Bonchev–Trinajstić information content (AvgIpc) is 2.60. The van der Waals surface area contributed by atoms with Crippen LogP contribution in [0.1, 0.15) is 45.1 Å². The van der Waals surface area contributed by atoms with Crippen LogP contribution in [-0.4, -0.2) is 43.4 Å². The monoisotopic (exact) mass is 350 g/mol. The maximum atomic E-state index is 12.8. The van der Waals surface area contributed by atoms with E-state index in [9.17, 15) is 4.79 Å². The molecule has 2 atom stereocenters. The van der Waals surface area contributed by atoms with Gasteiger partial charge in [-0.15, -0.1) is 0 Å². The van der Waals surface area contributed by atoms with E-state index in [0.717, 1.165) is 31.2 Å². The summed E-state index contributed by atoms with van der Waals surface area (Å²) in [6.07, 6.45) is 5.28. The Bertz CT molecular complexity index is 579. The van der Waals surface area contributed by atoms with Crippen molar-refractivity contribution in [2.75, 3.05) is 32.2 Å². The first kappa shape index (κ1) is 19.7. The molecule has 1 aliphatic rings.